The smallest absolute Gasteiger partial charge is 0.322 e. The van der Waals surface area contributed by atoms with Crippen LogP contribution in [0.15, 0.2) is 72.8 Å². The van der Waals surface area contributed by atoms with E-state index in [2.05, 4.69) is 11.4 Å². The van der Waals surface area contributed by atoms with Crippen molar-refractivity contribution in [3.63, 3.8) is 0 Å². The average Bonchev–Trinajstić information content (AvgIpc) is 2.74. The number of carbonyl (C=O) groups is 1. The highest BCUT2D eigenvalue weighted by Gasteiger charge is 2.17. The lowest BCUT2D eigenvalue weighted by molar-refractivity contribution is 0.185. The molecule has 5 nitrogen and oxygen atoms in total. The number of hydrogen-bond donors (Lipinski definition) is 2. The molecule has 0 aliphatic rings. The Kier molecular flexibility index (Phi) is 6.56. The molecule has 0 atom stereocenters. The number of aliphatic hydroxyl groups is 1. The monoisotopic (exact) mass is 389 g/mol. The number of hydrogen-bond acceptors (Lipinski definition) is 3. The summed E-state index contributed by atoms with van der Waals surface area (Å²) in [6, 6.07) is 22.3. The molecular weight excluding hydrogens is 369 g/mol. The Morgan fingerprint density at radius 1 is 1.07 bits per heavy atom. The fourth-order valence-electron chi connectivity index (χ4n) is 3.06. The number of amides is 2. The van der Waals surface area contributed by atoms with Gasteiger partial charge in [-0.3, -0.25) is 0 Å². The molecule has 0 aliphatic heterocycles. The van der Waals surface area contributed by atoms with Crippen LogP contribution in [0.4, 0.5) is 14.9 Å². The van der Waals surface area contributed by atoms with Gasteiger partial charge in [-0.25, -0.2) is 9.18 Å². The molecule has 3 aromatic carbocycles. The number of aliphatic hydroxyl groups excluding tert-OH is 1. The molecule has 0 bridgehead atoms. The first-order valence-electron chi connectivity index (χ1n) is 9.12. The Morgan fingerprint density at radius 2 is 1.83 bits per heavy atom. The van der Waals surface area contributed by atoms with Gasteiger partial charge >= 0.3 is 6.03 Å². The highest BCUT2D eigenvalue weighted by molar-refractivity contribution is 5.93. The van der Waals surface area contributed by atoms with Crippen molar-refractivity contribution < 1.29 is 14.3 Å². The summed E-state index contributed by atoms with van der Waals surface area (Å²) in [7, 11) is 0. The molecule has 2 amide bonds. The molecule has 0 spiro atoms. The van der Waals surface area contributed by atoms with Crippen LogP contribution >= 0.6 is 0 Å². The first-order valence-corrected chi connectivity index (χ1v) is 9.12. The van der Waals surface area contributed by atoms with Gasteiger partial charge in [0.1, 0.15) is 11.9 Å². The topological polar surface area (TPSA) is 76.4 Å². The lowest BCUT2D eigenvalue weighted by atomic mass is 9.99. The first-order chi connectivity index (χ1) is 14.1. The number of nitrogens with zero attached hydrogens (tertiary/aromatic N) is 2. The average molecular weight is 389 g/mol. The SMILES string of the molecule is N#Cc1c(NC(=O)N(CCO)Cc2cccc(F)c2)cccc1-c1ccccc1. The number of anilines is 1. The molecule has 6 heteroatoms. The van der Waals surface area contributed by atoms with Gasteiger partial charge in [0.05, 0.1) is 17.9 Å². The predicted molar refractivity (Wildman–Crippen MR) is 110 cm³/mol. The summed E-state index contributed by atoms with van der Waals surface area (Å²) >= 11 is 0. The molecule has 3 aromatic rings. The second-order valence-electron chi connectivity index (χ2n) is 6.41. The van der Waals surface area contributed by atoms with Gasteiger partial charge in [-0.1, -0.05) is 54.6 Å². The third-order valence-corrected chi connectivity index (χ3v) is 4.42. The van der Waals surface area contributed by atoms with E-state index in [0.29, 0.717) is 22.4 Å². The van der Waals surface area contributed by atoms with Crippen molar-refractivity contribution in [3.05, 3.63) is 89.7 Å². The largest absolute Gasteiger partial charge is 0.395 e. The molecule has 3 rings (SSSR count). The zero-order valence-corrected chi connectivity index (χ0v) is 15.7. The molecular formula is C23H20FN3O2. The summed E-state index contributed by atoms with van der Waals surface area (Å²) in [5, 5.41) is 21.8. The number of nitriles is 1. The predicted octanol–water partition coefficient (Wildman–Crippen LogP) is 4.39. The zero-order valence-electron chi connectivity index (χ0n) is 15.7. The summed E-state index contributed by atoms with van der Waals surface area (Å²) in [6.07, 6.45) is 0. The fraction of sp³-hybridized carbons (Fsp3) is 0.130. The maximum absolute atomic E-state index is 13.5. The van der Waals surface area contributed by atoms with Crippen molar-refractivity contribution in [2.75, 3.05) is 18.5 Å². The lowest BCUT2D eigenvalue weighted by Gasteiger charge is -2.23. The quantitative estimate of drug-likeness (QED) is 0.656. The molecule has 0 saturated heterocycles. The Bertz CT molecular complexity index is 1030. The Labute approximate surface area is 168 Å². The minimum atomic E-state index is -0.481. The molecule has 2 N–H and O–H groups in total. The molecule has 29 heavy (non-hydrogen) atoms. The van der Waals surface area contributed by atoms with Gasteiger partial charge in [-0.15, -0.1) is 0 Å². The van der Waals surface area contributed by atoms with Crippen LogP contribution in [0.1, 0.15) is 11.1 Å². The number of rotatable bonds is 6. The van der Waals surface area contributed by atoms with Gasteiger partial charge in [0, 0.05) is 18.7 Å². The second-order valence-corrected chi connectivity index (χ2v) is 6.41. The van der Waals surface area contributed by atoms with Gasteiger partial charge in [-0.2, -0.15) is 5.26 Å². The van der Waals surface area contributed by atoms with E-state index < -0.39 is 11.8 Å². The van der Waals surface area contributed by atoms with Crippen molar-refractivity contribution in [2.45, 2.75) is 6.54 Å². The van der Waals surface area contributed by atoms with Crippen LogP contribution in [0.2, 0.25) is 0 Å². The summed E-state index contributed by atoms with van der Waals surface area (Å²) in [4.78, 5) is 14.2. The van der Waals surface area contributed by atoms with E-state index in [4.69, 9.17) is 0 Å². The maximum atomic E-state index is 13.5. The van der Waals surface area contributed by atoms with E-state index >= 15 is 0 Å². The second kappa shape index (κ2) is 9.49. The van der Waals surface area contributed by atoms with Gasteiger partial charge in [0.15, 0.2) is 0 Å². The number of halogens is 1. The van der Waals surface area contributed by atoms with E-state index in [-0.39, 0.29) is 19.7 Å². The molecule has 0 unspecified atom stereocenters. The van der Waals surface area contributed by atoms with Crippen molar-refractivity contribution in [3.8, 4) is 17.2 Å². The molecule has 0 aliphatic carbocycles. The van der Waals surface area contributed by atoms with Crippen molar-refractivity contribution in [1.82, 2.24) is 4.90 Å². The highest BCUT2D eigenvalue weighted by atomic mass is 19.1. The van der Waals surface area contributed by atoms with Crippen LogP contribution in [-0.4, -0.2) is 29.2 Å². The van der Waals surface area contributed by atoms with E-state index in [1.165, 1.54) is 17.0 Å². The van der Waals surface area contributed by atoms with E-state index in [1.54, 1.807) is 24.3 Å². The van der Waals surface area contributed by atoms with Gasteiger partial charge in [0.2, 0.25) is 0 Å². The van der Waals surface area contributed by atoms with Crippen LogP contribution in [-0.2, 0) is 6.54 Å². The van der Waals surface area contributed by atoms with Gasteiger partial charge in [-0.05, 0) is 29.3 Å². The third-order valence-electron chi connectivity index (χ3n) is 4.42. The van der Waals surface area contributed by atoms with Crippen LogP contribution in [0.25, 0.3) is 11.1 Å². The Balaban J connectivity index is 1.85. The summed E-state index contributed by atoms with van der Waals surface area (Å²) < 4.78 is 13.5. The number of carbonyl (C=O) groups excluding carboxylic acids is 1. The third kappa shape index (κ3) is 4.98. The van der Waals surface area contributed by atoms with Crippen molar-refractivity contribution in [1.29, 1.82) is 5.26 Å². The van der Waals surface area contributed by atoms with Gasteiger partial charge < -0.3 is 15.3 Å². The Morgan fingerprint density at radius 3 is 2.52 bits per heavy atom. The normalized spacial score (nSPS) is 10.2. The molecule has 0 fully saturated rings. The minimum Gasteiger partial charge on any atom is -0.395 e. The summed E-state index contributed by atoms with van der Waals surface area (Å²) in [6.45, 7) is -0.0368. The fourth-order valence-corrected chi connectivity index (χ4v) is 3.06. The maximum Gasteiger partial charge on any atom is 0.322 e. The van der Waals surface area contributed by atoms with E-state index in [1.807, 2.05) is 36.4 Å². The number of nitrogens with one attached hydrogen (secondary N) is 1. The van der Waals surface area contributed by atoms with Crippen molar-refractivity contribution >= 4 is 11.7 Å². The number of urea groups is 1. The van der Waals surface area contributed by atoms with E-state index in [9.17, 15) is 19.6 Å². The minimum absolute atomic E-state index is 0.0720. The molecule has 0 heterocycles. The summed E-state index contributed by atoms with van der Waals surface area (Å²) in [5.74, 6) is -0.394. The highest BCUT2D eigenvalue weighted by Crippen LogP contribution is 2.28. The zero-order chi connectivity index (χ0) is 20.6. The van der Waals surface area contributed by atoms with Crippen LogP contribution < -0.4 is 5.32 Å². The Hall–Kier alpha value is -3.69. The van der Waals surface area contributed by atoms with Crippen LogP contribution in [0.3, 0.4) is 0 Å². The molecule has 146 valence electrons. The van der Waals surface area contributed by atoms with Gasteiger partial charge in [0.25, 0.3) is 0 Å². The van der Waals surface area contributed by atoms with E-state index in [0.717, 1.165) is 5.56 Å². The first kappa shape index (κ1) is 20.1. The lowest BCUT2D eigenvalue weighted by Crippen LogP contribution is -2.36. The standard InChI is InChI=1S/C23H20FN3O2/c24-19-9-4-6-17(14-19)16-27(12-13-28)23(29)26-22-11-5-10-20(21(22)15-25)18-7-2-1-3-8-18/h1-11,14,28H,12-13,16H2,(H,26,29). The summed E-state index contributed by atoms with van der Waals surface area (Å²) in [5.41, 5.74) is 2.91. The number of benzene rings is 3. The molecule has 0 aromatic heterocycles. The van der Waals surface area contributed by atoms with Crippen LogP contribution in [0.5, 0.6) is 0 Å². The molecule has 0 saturated carbocycles. The van der Waals surface area contributed by atoms with Crippen LogP contribution in [0, 0.1) is 17.1 Å². The van der Waals surface area contributed by atoms with Crippen molar-refractivity contribution in [2.24, 2.45) is 0 Å². The molecule has 0 radical (unpaired) electrons.